The normalized spacial score (nSPS) is 22.9. The van der Waals surface area contributed by atoms with Crippen LogP contribution in [0.1, 0.15) is 0 Å². The largest absolute Gasteiger partial charge is 0.425 e. The van der Waals surface area contributed by atoms with Gasteiger partial charge in [0.2, 0.25) is 0 Å². The van der Waals surface area contributed by atoms with E-state index in [0.717, 1.165) is 0 Å². The van der Waals surface area contributed by atoms with E-state index < -0.39 is 22.3 Å². The molecule has 1 heterocycles. The third-order valence-corrected chi connectivity index (χ3v) is 2.83. The summed E-state index contributed by atoms with van der Waals surface area (Å²) in [4.78, 5) is 11.5. The Kier molecular flexibility index (Phi) is 2.90. The monoisotopic (exact) mass is 242 g/mol. The molecular weight excluding hydrogens is 232 g/mol. The summed E-state index contributed by atoms with van der Waals surface area (Å²) >= 11 is 0. The summed E-state index contributed by atoms with van der Waals surface area (Å²) in [6, 6.07) is 8.54. The molecule has 1 aliphatic rings. The molecule has 16 heavy (non-hydrogen) atoms. The highest BCUT2D eigenvalue weighted by molar-refractivity contribution is 7.84. The van der Waals surface area contributed by atoms with E-state index in [1.807, 2.05) is 0 Å². The van der Waals surface area contributed by atoms with Crippen LogP contribution < -0.4 is 4.74 Å². The first-order valence-corrected chi connectivity index (χ1v) is 5.97. The van der Waals surface area contributed by atoms with Crippen LogP contribution in [-0.2, 0) is 23.3 Å². The van der Waals surface area contributed by atoms with E-state index >= 15 is 0 Å². The Morgan fingerprint density at radius 1 is 1.38 bits per heavy atom. The number of carbonyl (C=O) groups is 1. The van der Waals surface area contributed by atoms with Crippen molar-refractivity contribution in [2.45, 2.75) is 6.10 Å². The maximum Gasteiger partial charge on any atom is 0.344 e. The van der Waals surface area contributed by atoms with Crippen molar-refractivity contribution in [2.75, 3.05) is 6.61 Å². The van der Waals surface area contributed by atoms with Crippen LogP contribution in [0.5, 0.6) is 5.75 Å². The van der Waals surface area contributed by atoms with Crippen LogP contribution in [0.15, 0.2) is 30.3 Å². The summed E-state index contributed by atoms with van der Waals surface area (Å²) in [7, 11) is -3.03. The zero-order chi connectivity index (χ0) is 11.6. The standard InChI is InChI=1S/C9H10N2O4S/c10-16(11)13-6-8(15-16)9(12)14-7-4-2-1-3-5-7/h1-5,8,10-11H,6H2. The maximum atomic E-state index is 11.5. The molecule has 6 nitrogen and oxygen atoms in total. The van der Waals surface area contributed by atoms with Gasteiger partial charge in [0.05, 0.1) is 0 Å². The fourth-order valence-electron chi connectivity index (χ4n) is 1.15. The molecule has 0 saturated carbocycles. The molecule has 0 aliphatic carbocycles. The molecular formula is C9H10N2O4S. The fraction of sp³-hybridized carbons (Fsp3) is 0.222. The minimum atomic E-state index is -3.03. The summed E-state index contributed by atoms with van der Waals surface area (Å²) in [5.74, 6) is -0.237. The van der Waals surface area contributed by atoms with Crippen LogP contribution in [0.4, 0.5) is 0 Å². The second kappa shape index (κ2) is 4.20. The minimum Gasteiger partial charge on any atom is -0.425 e. The van der Waals surface area contributed by atoms with Gasteiger partial charge in [0.25, 0.3) is 0 Å². The molecule has 1 aromatic rings. The number of nitrogens with one attached hydrogen (secondary N) is 2. The van der Waals surface area contributed by atoms with Crippen LogP contribution in [0.3, 0.4) is 0 Å². The lowest BCUT2D eigenvalue weighted by Crippen LogP contribution is -2.27. The van der Waals surface area contributed by atoms with E-state index in [9.17, 15) is 4.79 Å². The van der Waals surface area contributed by atoms with Gasteiger partial charge in [0.15, 0.2) is 16.3 Å². The molecule has 1 unspecified atom stereocenters. The second-order valence-corrected chi connectivity index (χ2v) is 4.54. The molecule has 0 bridgehead atoms. The smallest absolute Gasteiger partial charge is 0.344 e. The topological polar surface area (TPSA) is 92.5 Å². The number of carbonyl (C=O) groups excluding carboxylic acids is 1. The highest BCUT2D eigenvalue weighted by Gasteiger charge is 2.32. The Hall–Kier alpha value is -1.44. The molecule has 2 N–H and O–H groups in total. The van der Waals surface area contributed by atoms with Crippen LogP contribution in [0.2, 0.25) is 0 Å². The summed E-state index contributed by atoms with van der Waals surface area (Å²) in [6.45, 7) is -0.103. The van der Waals surface area contributed by atoms with Crippen molar-refractivity contribution in [1.82, 2.24) is 0 Å². The van der Waals surface area contributed by atoms with Crippen molar-refractivity contribution in [2.24, 2.45) is 0 Å². The molecule has 0 amide bonds. The number of ether oxygens (including phenoxy) is 1. The first-order chi connectivity index (χ1) is 7.57. The predicted octanol–water partition coefficient (Wildman–Crippen LogP) is 1.52. The Labute approximate surface area is 93.0 Å². The van der Waals surface area contributed by atoms with Crippen molar-refractivity contribution in [1.29, 1.82) is 9.56 Å². The number of benzene rings is 1. The van der Waals surface area contributed by atoms with E-state index in [1.54, 1.807) is 30.3 Å². The van der Waals surface area contributed by atoms with E-state index in [2.05, 4.69) is 0 Å². The fourth-order valence-corrected chi connectivity index (χ4v) is 1.99. The molecule has 0 aromatic heterocycles. The van der Waals surface area contributed by atoms with Crippen molar-refractivity contribution in [3.05, 3.63) is 30.3 Å². The molecule has 86 valence electrons. The summed E-state index contributed by atoms with van der Waals surface area (Å²) < 4.78 is 28.9. The Morgan fingerprint density at radius 2 is 2.06 bits per heavy atom. The zero-order valence-corrected chi connectivity index (χ0v) is 9.03. The van der Waals surface area contributed by atoms with Gasteiger partial charge in [-0.25, -0.2) is 14.4 Å². The minimum absolute atomic E-state index is 0.103. The van der Waals surface area contributed by atoms with Gasteiger partial charge < -0.3 is 4.74 Å². The number of para-hydroxylation sites is 1. The molecule has 1 aliphatic heterocycles. The van der Waals surface area contributed by atoms with Gasteiger partial charge in [0, 0.05) is 0 Å². The number of hydrogen-bond donors (Lipinski definition) is 2. The van der Waals surface area contributed by atoms with Gasteiger partial charge in [0.1, 0.15) is 12.4 Å². The van der Waals surface area contributed by atoms with Crippen LogP contribution in [0, 0.1) is 9.56 Å². The summed E-state index contributed by atoms with van der Waals surface area (Å²) in [6.07, 6.45) is -0.981. The molecule has 0 radical (unpaired) electrons. The molecule has 7 heteroatoms. The molecule has 1 fully saturated rings. The quantitative estimate of drug-likeness (QED) is 0.607. The Balaban J connectivity index is 2.00. The number of esters is 1. The summed E-state index contributed by atoms with van der Waals surface area (Å²) in [5.41, 5.74) is 0. The van der Waals surface area contributed by atoms with E-state index in [4.69, 9.17) is 22.7 Å². The van der Waals surface area contributed by atoms with Crippen LogP contribution >= 0.6 is 0 Å². The van der Waals surface area contributed by atoms with Crippen molar-refractivity contribution in [3.63, 3.8) is 0 Å². The second-order valence-electron chi connectivity index (χ2n) is 3.11. The van der Waals surface area contributed by atoms with E-state index in [1.165, 1.54) is 0 Å². The van der Waals surface area contributed by atoms with Crippen molar-refractivity contribution in [3.8, 4) is 5.75 Å². The molecule has 1 saturated heterocycles. The highest BCUT2D eigenvalue weighted by atomic mass is 32.2. The highest BCUT2D eigenvalue weighted by Crippen LogP contribution is 2.17. The number of rotatable bonds is 2. The molecule has 0 spiro atoms. The van der Waals surface area contributed by atoms with Crippen LogP contribution in [-0.4, -0.2) is 18.7 Å². The first kappa shape index (κ1) is 11.1. The Morgan fingerprint density at radius 3 is 2.62 bits per heavy atom. The summed E-state index contributed by atoms with van der Waals surface area (Å²) in [5, 5.41) is 0. The number of hydrogen-bond acceptors (Lipinski definition) is 6. The van der Waals surface area contributed by atoms with Crippen molar-refractivity contribution >= 4 is 16.2 Å². The van der Waals surface area contributed by atoms with Gasteiger partial charge in [-0.2, -0.15) is 0 Å². The third-order valence-electron chi connectivity index (χ3n) is 1.86. The van der Waals surface area contributed by atoms with Gasteiger partial charge >= 0.3 is 5.97 Å². The molecule has 1 atom stereocenters. The molecule has 1 aromatic carbocycles. The van der Waals surface area contributed by atoms with Crippen molar-refractivity contribution < 1.29 is 17.9 Å². The lowest BCUT2D eigenvalue weighted by Gasteiger charge is -2.07. The Bertz CT molecular complexity index is 485. The van der Waals surface area contributed by atoms with Gasteiger partial charge in [-0.1, -0.05) is 18.2 Å². The maximum absolute atomic E-state index is 11.5. The third kappa shape index (κ3) is 2.57. The average molecular weight is 242 g/mol. The van der Waals surface area contributed by atoms with Gasteiger partial charge in [-0.15, -0.1) is 0 Å². The first-order valence-electron chi connectivity index (χ1n) is 4.49. The molecule has 2 rings (SSSR count). The lowest BCUT2D eigenvalue weighted by atomic mass is 10.3. The zero-order valence-electron chi connectivity index (χ0n) is 8.21. The van der Waals surface area contributed by atoms with Gasteiger partial charge in [-0.05, 0) is 12.1 Å². The van der Waals surface area contributed by atoms with Gasteiger partial charge in [-0.3, -0.25) is 8.37 Å². The predicted molar refractivity (Wildman–Crippen MR) is 55.7 cm³/mol. The SMILES string of the molecule is N=S1(=N)OCC(C(=O)Oc2ccccc2)O1. The van der Waals surface area contributed by atoms with E-state index in [-0.39, 0.29) is 6.61 Å². The average Bonchev–Trinajstić information content (AvgIpc) is 2.60. The van der Waals surface area contributed by atoms with E-state index in [0.29, 0.717) is 5.75 Å². The lowest BCUT2D eigenvalue weighted by molar-refractivity contribution is -0.141. The van der Waals surface area contributed by atoms with Crippen LogP contribution in [0.25, 0.3) is 0 Å².